The van der Waals surface area contributed by atoms with Gasteiger partial charge in [0.2, 0.25) is 0 Å². The number of hydrogen-bond donors (Lipinski definition) is 3. The van der Waals surface area contributed by atoms with E-state index in [0.29, 0.717) is 35.9 Å². The Labute approximate surface area is 210 Å². The summed E-state index contributed by atoms with van der Waals surface area (Å²) in [6, 6.07) is 18.2. The second-order valence-electron chi connectivity index (χ2n) is 7.78. The first-order valence-electron chi connectivity index (χ1n) is 10.7. The second-order valence-corrected chi connectivity index (χ2v) is 9.87. The maximum absolute atomic E-state index is 12.7. The van der Waals surface area contributed by atoms with Crippen molar-refractivity contribution >= 4 is 44.6 Å². The minimum atomic E-state index is -3.76. The van der Waals surface area contributed by atoms with Crippen molar-refractivity contribution in [2.45, 2.75) is 18.7 Å². The summed E-state index contributed by atoms with van der Waals surface area (Å²) in [5, 5.41) is 5.55. The van der Waals surface area contributed by atoms with Gasteiger partial charge in [0.25, 0.3) is 15.9 Å². The third kappa shape index (κ3) is 7.78. The number of sulfonamides is 1. The number of carbonyl (C=O) groups is 1. The Hall–Kier alpha value is -3.47. The Kier molecular flexibility index (Phi) is 8.80. The Morgan fingerprint density at radius 2 is 1.51 bits per heavy atom. The molecule has 0 heterocycles. The predicted molar refractivity (Wildman–Crippen MR) is 141 cm³/mol. The molecule has 3 N–H and O–H groups in total. The van der Waals surface area contributed by atoms with Gasteiger partial charge in [-0.25, -0.2) is 8.42 Å². The summed E-state index contributed by atoms with van der Waals surface area (Å²) in [6.07, 6.45) is 0. The second kappa shape index (κ2) is 11.8. The average molecular weight is 514 g/mol. The molecular formula is C25H27N3O5S2. The van der Waals surface area contributed by atoms with Gasteiger partial charge < -0.3 is 14.8 Å². The molecule has 3 aromatic rings. The van der Waals surface area contributed by atoms with E-state index in [9.17, 15) is 13.2 Å². The minimum absolute atomic E-state index is 0.0828. The van der Waals surface area contributed by atoms with E-state index in [2.05, 4.69) is 15.4 Å². The molecule has 3 rings (SSSR count). The molecule has 0 aliphatic rings. The van der Waals surface area contributed by atoms with Gasteiger partial charge in [-0.1, -0.05) is 6.07 Å². The molecule has 0 spiro atoms. The molecule has 0 saturated carbocycles. The number of aryl methyl sites for hydroxylation is 2. The van der Waals surface area contributed by atoms with Crippen LogP contribution < -0.4 is 20.1 Å². The lowest BCUT2D eigenvalue weighted by atomic mass is 10.1. The molecular weight excluding hydrogens is 486 g/mol. The first-order valence-corrected chi connectivity index (χ1v) is 12.6. The number of benzene rings is 3. The highest BCUT2D eigenvalue weighted by atomic mass is 32.2. The summed E-state index contributed by atoms with van der Waals surface area (Å²) in [4.78, 5) is 12.5. The zero-order valence-electron chi connectivity index (χ0n) is 19.6. The van der Waals surface area contributed by atoms with E-state index in [-0.39, 0.29) is 15.9 Å². The van der Waals surface area contributed by atoms with Gasteiger partial charge in [-0.15, -0.1) is 0 Å². The SMILES string of the molecule is COCCOc1ccc(C(=O)NC(=S)Nc2ccc(S(=O)(=O)Nc3cc(C)cc(C)c3)cc2)cc1. The van der Waals surface area contributed by atoms with Crippen LogP contribution in [0.25, 0.3) is 0 Å². The van der Waals surface area contributed by atoms with Crippen molar-refractivity contribution in [3.63, 3.8) is 0 Å². The molecule has 3 aromatic carbocycles. The maximum Gasteiger partial charge on any atom is 0.261 e. The third-order valence-electron chi connectivity index (χ3n) is 4.80. The van der Waals surface area contributed by atoms with Crippen LogP contribution >= 0.6 is 12.2 Å². The maximum atomic E-state index is 12.7. The molecule has 0 aromatic heterocycles. The average Bonchev–Trinajstić information content (AvgIpc) is 2.79. The van der Waals surface area contributed by atoms with Gasteiger partial charge in [-0.2, -0.15) is 0 Å². The van der Waals surface area contributed by atoms with Crippen molar-refractivity contribution < 1.29 is 22.7 Å². The molecule has 184 valence electrons. The molecule has 0 saturated heterocycles. The summed E-state index contributed by atoms with van der Waals surface area (Å²) in [7, 11) is -2.16. The highest BCUT2D eigenvalue weighted by Gasteiger charge is 2.15. The molecule has 10 heteroatoms. The van der Waals surface area contributed by atoms with E-state index in [1.54, 1.807) is 55.6 Å². The molecule has 0 fully saturated rings. The highest BCUT2D eigenvalue weighted by molar-refractivity contribution is 7.92. The van der Waals surface area contributed by atoms with Crippen LogP contribution in [-0.2, 0) is 14.8 Å². The van der Waals surface area contributed by atoms with E-state index < -0.39 is 10.0 Å². The van der Waals surface area contributed by atoms with Crippen molar-refractivity contribution in [2.24, 2.45) is 0 Å². The zero-order chi connectivity index (χ0) is 25.4. The number of carbonyl (C=O) groups excluding carboxylic acids is 1. The number of nitrogens with one attached hydrogen (secondary N) is 3. The van der Waals surface area contributed by atoms with Crippen molar-refractivity contribution in [1.82, 2.24) is 5.32 Å². The summed E-state index contributed by atoms with van der Waals surface area (Å²) in [5.41, 5.74) is 3.37. The van der Waals surface area contributed by atoms with E-state index in [4.69, 9.17) is 21.7 Å². The molecule has 0 atom stereocenters. The Morgan fingerprint density at radius 1 is 0.886 bits per heavy atom. The van der Waals surface area contributed by atoms with Crippen molar-refractivity contribution in [1.29, 1.82) is 0 Å². The van der Waals surface area contributed by atoms with Gasteiger partial charge in [0.15, 0.2) is 5.11 Å². The van der Waals surface area contributed by atoms with Gasteiger partial charge in [-0.3, -0.25) is 14.8 Å². The lowest BCUT2D eigenvalue weighted by Crippen LogP contribution is -2.34. The number of rotatable bonds is 9. The standard InChI is InChI=1S/C25H27N3O5S2/c1-17-14-18(2)16-21(15-17)28-35(30,31)23-10-6-20(7-11-23)26-25(34)27-24(29)19-4-8-22(9-5-19)33-13-12-32-3/h4-11,14-16,28H,12-13H2,1-3H3,(H2,26,27,29,34). The minimum Gasteiger partial charge on any atom is -0.491 e. The lowest BCUT2D eigenvalue weighted by Gasteiger charge is -2.12. The van der Waals surface area contributed by atoms with Gasteiger partial charge in [0.05, 0.1) is 11.5 Å². The fourth-order valence-corrected chi connectivity index (χ4v) is 4.50. The first-order chi connectivity index (χ1) is 16.7. The van der Waals surface area contributed by atoms with Crippen LogP contribution in [0.1, 0.15) is 21.5 Å². The van der Waals surface area contributed by atoms with Gasteiger partial charge in [0.1, 0.15) is 12.4 Å². The van der Waals surface area contributed by atoms with Crippen LogP contribution in [0, 0.1) is 13.8 Å². The molecule has 0 aliphatic heterocycles. The van der Waals surface area contributed by atoms with E-state index in [1.807, 2.05) is 19.9 Å². The topological polar surface area (TPSA) is 106 Å². The summed E-state index contributed by atoms with van der Waals surface area (Å²) in [5.74, 6) is 0.240. The summed E-state index contributed by atoms with van der Waals surface area (Å²) >= 11 is 5.21. The van der Waals surface area contributed by atoms with E-state index in [0.717, 1.165) is 11.1 Å². The van der Waals surface area contributed by atoms with Crippen molar-refractivity contribution in [2.75, 3.05) is 30.4 Å². The van der Waals surface area contributed by atoms with Crippen LogP contribution in [0.3, 0.4) is 0 Å². The van der Waals surface area contributed by atoms with Crippen LogP contribution in [0.2, 0.25) is 0 Å². The molecule has 35 heavy (non-hydrogen) atoms. The number of methoxy groups -OCH3 is 1. The summed E-state index contributed by atoms with van der Waals surface area (Å²) in [6.45, 7) is 4.69. The molecule has 0 unspecified atom stereocenters. The first kappa shape index (κ1) is 26.1. The zero-order valence-corrected chi connectivity index (χ0v) is 21.3. The van der Waals surface area contributed by atoms with Gasteiger partial charge in [0, 0.05) is 24.0 Å². The number of anilines is 2. The number of amides is 1. The number of ether oxygens (including phenoxy) is 2. The molecule has 0 radical (unpaired) electrons. The largest absolute Gasteiger partial charge is 0.491 e. The van der Waals surface area contributed by atoms with Gasteiger partial charge >= 0.3 is 0 Å². The quantitative estimate of drug-likeness (QED) is 0.290. The predicted octanol–water partition coefficient (Wildman–Crippen LogP) is 4.26. The molecule has 1 amide bonds. The smallest absolute Gasteiger partial charge is 0.261 e. The normalized spacial score (nSPS) is 10.9. The Morgan fingerprint density at radius 3 is 2.11 bits per heavy atom. The number of hydrogen-bond acceptors (Lipinski definition) is 6. The lowest BCUT2D eigenvalue weighted by molar-refractivity contribution is 0.0977. The van der Waals surface area contributed by atoms with Crippen LogP contribution in [0.15, 0.2) is 71.6 Å². The fourth-order valence-electron chi connectivity index (χ4n) is 3.25. The molecule has 8 nitrogen and oxygen atoms in total. The van der Waals surface area contributed by atoms with E-state index in [1.165, 1.54) is 12.1 Å². The van der Waals surface area contributed by atoms with Crippen LogP contribution in [0.4, 0.5) is 11.4 Å². The van der Waals surface area contributed by atoms with Crippen molar-refractivity contribution in [3.05, 3.63) is 83.4 Å². The molecule has 0 bridgehead atoms. The summed E-state index contributed by atoms with van der Waals surface area (Å²) < 4.78 is 38.5. The van der Waals surface area contributed by atoms with Gasteiger partial charge in [-0.05, 0) is 97.9 Å². The number of thiocarbonyl (C=S) groups is 1. The van der Waals surface area contributed by atoms with Crippen LogP contribution in [0.5, 0.6) is 5.75 Å². The van der Waals surface area contributed by atoms with Crippen LogP contribution in [-0.4, -0.2) is 39.8 Å². The highest BCUT2D eigenvalue weighted by Crippen LogP contribution is 2.20. The Balaban J connectivity index is 1.57. The third-order valence-corrected chi connectivity index (χ3v) is 6.40. The van der Waals surface area contributed by atoms with E-state index >= 15 is 0 Å². The Bertz CT molecular complexity index is 1270. The fraction of sp³-hybridized carbons (Fsp3) is 0.200. The molecule has 0 aliphatic carbocycles. The monoisotopic (exact) mass is 513 g/mol. The van der Waals surface area contributed by atoms with Crippen molar-refractivity contribution in [3.8, 4) is 5.75 Å².